The van der Waals surface area contributed by atoms with Crippen molar-refractivity contribution in [1.29, 1.82) is 0 Å². The summed E-state index contributed by atoms with van der Waals surface area (Å²) in [5.41, 5.74) is -0.471. The average molecular weight is 255 g/mol. The minimum atomic E-state index is -0.471. The number of unbranched alkanes of at least 4 members (excludes halogenated alkanes) is 1. The van der Waals surface area contributed by atoms with Crippen LogP contribution in [0.1, 0.15) is 53.4 Å². The number of hydrogen-bond acceptors (Lipinski definition) is 3. The highest BCUT2D eigenvalue weighted by atomic mass is 16.6. The van der Waals surface area contributed by atoms with E-state index >= 15 is 0 Å². The van der Waals surface area contributed by atoms with Crippen molar-refractivity contribution in [1.82, 2.24) is 4.90 Å². The normalized spacial score (nSPS) is 20.0. The fourth-order valence-corrected chi connectivity index (χ4v) is 2.07. The van der Waals surface area contributed by atoms with Crippen LogP contribution in [0.25, 0.3) is 0 Å². The van der Waals surface area contributed by atoms with Crippen LogP contribution in [-0.4, -0.2) is 35.5 Å². The lowest BCUT2D eigenvalue weighted by molar-refractivity contribution is -0.122. The van der Waals surface area contributed by atoms with Gasteiger partial charge in [-0.2, -0.15) is 0 Å². The van der Waals surface area contributed by atoms with Crippen LogP contribution < -0.4 is 0 Å². The van der Waals surface area contributed by atoms with Gasteiger partial charge in [0.1, 0.15) is 11.4 Å². The third kappa shape index (κ3) is 4.67. The molecule has 1 saturated heterocycles. The van der Waals surface area contributed by atoms with Crippen LogP contribution in [0.4, 0.5) is 4.79 Å². The Morgan fingerprint density at radius 3 is 2.56 bits per heavy atom. The van der Waals surface area contributed by atoms with E-state index in [-0.39, 0.29) is 12.0 Å². The molecule has 4 nitrogen and oxygen atoms in total. The van der Waals surface area contributed by atoms with Crippen LogP contribution in [0.2, 0.25) is 0 Å². The van der Waals surface area contributed by atoms with Gasteiger partial charge in [0.25, 0.3) is 0 Å². The van der Waals surface area contributed by atoms with Crippen LogP contribution in [0.15, 0.2) is 0 Å². The molecule has 0 aromatic heterocycles. The van der Waals surface area contributed by atoms with Crippen molar-refractivity contribution in [2.24, 2.45) is 5.92 Å². The number of nitrogens with zero attached hydrogens (tertiary/aromatic N) is 1. The highest BCUT2D eigenvalue weighted by Crippen LogP contribution is 2.21. The topological polar surface area (TPSA) is 46.6 Å². The van der Waals surface area contributed by atoms with Crippen molar-refractivity contribution >= 4 is 11.9 Å². The Kier molecular flexibility index (Phi) is 5.17. The SMILES string of the molecule is CCCCC(=O)[C@@H]1CCN(C(=O)OC(C)(C)C)C1. The molecule has 1 aliphatic heterocycles. The second-order valence-corrected chi connectivity index (χ2v) is 5.98. The minimum absolute atomic E-state index is 0.0177. The van der Waals surface area contributed by atoms with Crippen LogP contribution in [0.3, 0.4) is 0 Å². The summed E-state index contributed by atoms with van der Waals surface area (Å²) in [7, 11) is 0. The number of hydrogen-bond donors (Lipinski definition) is 0. The molecule has 4 heteroatoms. The zero-order chi connectivity index (χ0) is 13.8. The van der Waals surface area contributed by atoms with Crippen molar-refractivity contribution < 1.29 is 14.3 Å². The standard InChI is InChI=1S/C14H25NO3/c1-5-6-7-12(16)11-8-9-15(10-11)13(17)18-14(2,3)4/h11H,5-10H2,1-4H3/t11-/m1/s1. The summed E-state index contributed by atoms with van der Waals surface area (Å²) in [6, 6.07) is 0. The maximum absolute atomic E-state index is 11.9. The molecular weight excluding hydrogens is 230 g/mol. The maximum atomic E-state index is 11.9. The van der Waals surface area contributed by atoms with Gasteiger partial charge in [0, 0.05) is 25.4 Å². The van der Waals surface area contributed by atoms with Gasteiger partial charge in [-0.25, -0.2) is 4.79 Å². The van der Waals surface area contributed by atoms with Crippen molar-refractivity contribution in [2.75, 3.05) is 13.1 Å². The second-order valence-electron chi connectivity index (χ2n) is 5.98. The van der Waals surface area contributed by atoms with E-state index < -0.39 is 5.60 Å². The molecule has 1 rings (SSSR count). The van der Waals surface area contributed by atoms with E-state index in [1.807, 2.05) is 20.8 Å². The predicted octanol–water partition coefficient (Wildman–Crippen LogP) is 3.00. The van der Waals surface area contributed by atoms with Crippen LogP contribution in [0, 0.1) is 5.92 Å². The first-order valence-corrected chi connectivity index (χ1v) is 6.84. The summed E-state index contributed by atoms with van der Waals surface area (Å²) in [4.78, 5) is 25.4. The number of ether oxygens (including phenoxy) is 1. The molecule has 0 bridgehead atoms. The Hall–Kier alpha value is -1.06. The van der Waals surface area contributed by atoms with Gasteiger partial charge in [-0.15, -0.1) is 0 Å². The van der Waals surface area contributed by atoms with Gasteiger partial charge in [0.05, 0.1) is 0 Å². The summed E-state index contributed by atoms with van der Waals surface area (Å²) in [6.07, 6.45) is 3.11. The van der Waals surface area contributed by atoms with E-state index in [2.05, 4.69) is 6.92 Å². The molecule has 0 radical (unpaired) electrons. The number of Topliss-reactive ketones (excluding diaryl/α,β-unsaturated/α-hetero) is 1. The van der Waals surface area contributed by atoms with Crippen molar-refractivity contribution in [2.45, 2.75) is 59.0 Å². The average Bonchev–Trinajstić information content (AvgIpc) is 2.72. The van der Waals surface area contributed by atoms with E-state index in [1.54, 1.807) is 4.90 Å². The fourth-order valence-electron chi connectivity index (χ4n) is 2.07. The van der Waals surface area contributed by atoms with Gasteiger partial charge < -0.3 is 9.64 Å². The van der Waals surface area contributed by atoms with Crippen LogP contribution in [-0.2, 0) is 9.53 Å². The highest BCUT2D eigenvalue weighted by Gasteiger charge is 2.32. The van der Waals surface area contributed by atoms with Gasteiger partial charge in [0.2, 0.25) is 0 Å². The van der Waals surface area contributed by atoms with E-state index in [9.17, 15) is 9.59 Å². The maximum Gasteiger partial charge on any atom is 0.410 e. The Labute approximate surface area is 110 Å². The molecule has 1 atom stereocenters. The Morgan fingerprint density at radius 1 is 1.33 bits per heavy atom. The van der Waals surface area contributed by atoms with Crippen molar-refractivity contribution in [3.63, 3.8) is 0 Å². The number of amides is 1. The molecule has 1 heterocycles. The van der Waals surface area contributed by atoms with Gasteiger partial charge >= 0.3 is 6.09 Å². The Balaban J connectivity index is 2.41. The summed E-state index contributed by atoms with van der Waals surface area (Å²) in [5, 5.41) is 0. The van der Waals surface area contributed by atoms with Crippen LogP contribution >= 0.6 is 0 Å². The molecule has 1 aliphatic rings. The third-order valence-electron chi connectivity index (χ3n) is 3.07. The lowest BCUT2D eigenvalue weighted by Gasteiger charge is -2.24. The number of carbonyl (C=O) groups is 2. The number of carbonyl (C=O) groups excluding carboxylic acids is 2. The van der Waals surface area contributed by atoms with E-state index in [4.69, 9.17) is 4.74 Å². The zero-order valence-corrected chi connectivity index (χ0v) is 12.0. The number of rotatable bonds is 4. The van der Waals surface area contributed by atoms with Crippen molar-refractivity contribution in [3.05, 3.63) is 0 Å². The molecule has 0 aromatic carbocycles. The number of likely N-dealkylation sites (tertiary alicyclic amines) is 1. The third-order valence-corrected chi connectivity index (χ3v) is 3.07. The smallest absolute Gasteiger partial charge is 0.410 e. The van der Waals surface area contributed by atoms with Gasteiger partial charge in [-0.3, -0.25) is 4.79 Å². The quantitative estimate of drug-likeness (QED) is 0.775. The summed E-state index contributed by atoms with van der Waals surface area (Å²) in [6.45, 7) is 8.80. The predicted molar refractivity (Wildman–Crippen MR) is 70.4 cm³/mol. The molecule has 104 valence electrons. The molecule has 0 spiro atoms. The highest BCUT2D eigenvalue weighted by molar-refractivity contribution is 5.82. The molecule has 18 heavy (non-hydrogen) atoms. The Bertz CT molecular complexity index is 307. The molecule has 0 aliphatic carbocycles. The molecule has 1 amide bonds. The van der Waals surface area contributed by atoms with Gasteiger partial charge in [-0.05, 0) is 33.6 Å². The first kappa shape index (κ1) is 15.0. The van der Waals surface area contributed by atoms with E-state index in [0.29, 0.717) is 25.3 Å². The largest absolute Gasteiger partial charge is 0.444 e. The molecular formula is C14H25NO3. The molecule has 1 fully saturated rings. The summed E-state index contributed by atoms with van der Waals surface area (Å²) < 4.78 is 5.31. The van der Waals surface area contributed by atoms with E-state index in [1.165, 1.54) is 0 Å². The zero-order valence-electron chi connectivity index (χ0n) is 12.0. The summed E-state index contributed by atoms with van der Waals surface area (Å²) >= 11 is 0. The second kappa shape index (κ2) is 6.21. The van der Waals surface area contributed by atoms with E-state index in [0.717, 1.165) is 19.3 Å². The number of ketones is 1. The van der Waals surface area contributed by atoms with Crippen LogP contribution in [0.5, 0.6) is 0 Å². The minimum Gasteiger partial charge on any atom is -0.444 e. The summed E-state index contributed by atoms with van der Waals surface area (Å²) in [5.74, 6) is 0.312. The monoisotopic (exact) mass is 255 g/mol. The van der Waals surface area contributed by atoms with Crippen molar-refractivity contribution in [3.8, 4) is 0 Å². The first-order chi connectivity index (χ1) is 8.33. The lowest BCUT2D eigenvalue weighted by Crippen LogP contribution is -2.35. The van der Waals surface area contributed by atoms with Gasteiger partial charge in [0.15, 0.2) is 0 Å². The lowest BCUT2D eigenvalue weighted by atomic mass is 9.99. The van der Waals surface area contributed by atoms with Gasteiger partial charge in [-0.1, -0.05) is 13.3 Å². The molecule has 0 N–H and O–H groups in total. The Morgan fingerprint density at radius 2 is 2.00 bits per heavy atom. The molecule has 0 saturated carbocycles. The fraction of sp³-hybridized carbons (Fsp3) is 0.857. The molecule has 0 aromatic rings. The molecule has 0 unspecified atom stereocenters. The first-order valence-electron chi connectivity index (χ1n) is 6.84.